The molecule has 1 aromatic rings. The van der Waals surface area contributed by atoms with Crippen molar-refractivity contribution in [2.45, 2.75) is 12.4 Å². The fourth-order valence-electron chi connectivity index (χ4n) is 1.78. The maximum Gasteiger partial charge on any atom is 0.416 e. The number of halogens is 6. The number of morpholine rings is 1. The first-order valence-electron chi connectivity index (χ1n) is 5.90. The number of hydrogen-bond donors (Lipinski definition) is 1. The Morgan fingerprint density at radius 1 is 0.952 bits per heavy atom. The highest BCUT2D eigenvalue weighted by Crippen LogP contribution is 2.37. The topological polar surface area (TPSA) is 24.5 Å². The summed E-state index contributed by atoms with van der Waals surface area (Å²) in [5.41, 5.74) is -0.443. The third kappa shape index (κ3) is 4.24. The lowest BCUT2D eigenvalue weighted by molar-refractivity contribution is -0.143. The molecule has 0 atom stereocenters. The summed E-state index contributed by atoms with van der Waals surface area (Å²) >= 11 is 0. The van der Waals surface area contributed by atoms with E-state index in [-0.39, 0.29) is 18.3 Å². The first-order chi connectivity index (χ1) is 9.66. The Labute approximate surface area is 116 Å². The van der Waals surface area contributed by atoms with Crippen LogP contribution in [-0.4, -0.2) is 24.7 Å². The molecule has 1 fully saturated rings. The van der Waals surface area contributed by atoms with Gasteiger partial charge in [-0.3, -0.25) is 0 Å². The van der Waals surface area contributed by atoms with Crippen LogP contribution in [0.2, 0.25) is 0 Å². The number of hydrogen-bond acceptors (Lipinski definition) is 3. The van der Waals surface area contributed by atoms with Crippen molar-refractivity contribution in [2.24, 2.45) is 0 Å². The second-order valence-corrected chi connectivity index (χ2v) is 4.39. The van der Waals surface area contributed by atoms with Gasteiger partial charge in [-0.15, -0.1) is 0 Å². The number of alkyl halides is 6. The molecule has 1 saturated heterocycles. The largest absolute Gasteiger partial charge is 0.416 e. The van der Waals surface area contributed by atoms with Crippen molar-refractivity contribution in [2.75, 3.05) is 25.1 Å². The summed E-state index contributed by atoms with van der Waals surface area (Å²) in [6, 6.07) is 1.38. The third-order valence-electron chi connectivity index (χ3n) is 2.77. The van der Waals surface area contributed by atoms with Gasteiger partial charge in [-0.1, -0.05) is 0 Å². The quantitative estimate of drug-likeness (QED) is 0.845. The fraction of sp³-hybridized carbons (Fsp3) is 0.417. The molecule has 1 N–H and O–H groups in total. The van der Waals surface area contributed by atoms with E-state index >= 15 is 0 Å². The van der Waals surface area contributed by atoms with E-state index in [1.54, 1.807) is 0 Å². The van der Waals surface area contributed by atoms with Crippen LogP contribution in [-0.2, 0) is 17.1 Å². The van der Waals surface area contributed by atoms with E-state index in [1.165, 1.54) is 11.6 Å². The van der Waals surface area contributed by atoms with E-state index in [0.29, 0.717) is 25.3 Å². The van der Waals surface area contributed by atoms with Gasteiger partial charge in [-0.25, -0.2) is 5.01 Å². The SMILES string of the molecule is FC(F)(F)c1cc(NN2C[CH]OCC2)cc(C(F)(F)F)c1. The number of rotatable bonds is 2. The van der Waals surface area contributed by atoms with Gasteiger partial charge in [0.15, 0.2) is 0 Å². The molecule has 2 rings (SSSR count). The maximum absolute atomic E-state index is 12.7. The summed E-state index contributed by atoms with van der Waals surface area (Å²) in [4.78, 5) is 0. The van der Waals surface area contributed by atoms with Gasteiger partial charge in [-0.05, 0) is 18.2 Å². The molecule has 0 aromatic heterocycles. The molecule has 21 heavy (non-hydrogen) atoms. The highest BCUT2D eigenvalue weighted by atomic mass is 19.4. The lowest BCUT2D eigenvalue weighted by Crippen LogP contribution is -2.38. The molecule has 0 amide bonds. The highest BCUT2D eigenvalue weighted by molar-refractivity contribution is 5.50. The van der Waals surface area contributed by atoms with E-state index in [9.17, 15) is 26.3 Å². The second kappa shape index (κ2) is 5.72. The molecule has 1 heterocycles. The molecule has 0 bridgehead atoms. The van der Waals surface area contributed by atoms with E-state index in [2.05, 4.69) is 5.43 Å². The zero-order valence-corrected chi connectivity index (χ0v) is 10.6. The second-order valence-electron chi connectivity index (χ2n) is 4.39. The molecule has 1 aliphatic rings. The molecular weight excluding hydrogens is 302 g/mol. The van der Waals surface area contributed by atoms with Gasteiger partial charge in [0.2, 0.25) is 0 Å². The smallest absolute Gasteiger partial charge is 0.373 e. The number of benzene rings is 1. The number of nitrogens with one attached hydrogen (secondary N) is 1. The van der Waals surface area contributed by atoms with Crippen LogP contribution >= 0.6 is 0 Å². The van der Waals surface area contributed by atoms with Gasteiger partial charge < -0.3 is 10.2 Å². The summed E-state index contributed by atoms with van der Waals surface area (Å²) < 4.78 is 81.0. The monoisotopic (exact) mass is 313 g/mol. The maximum atomic E-state index is 12.7. The average Bonchev–Trinajstić information content (AvgIpc) is 2.37. The van der Waals surface area contributed by atoms with Crippen LogP contribution in [0.5, 0.6) is 0 Å². The standard InChI is InChI=1S/C12H11F6N2O/c13-11(14,15)8-5-9(12(16,17)18)7-10(6-8)19-20-1-3-21-4-2-20/h3,5-7,19H,1-2,4H2. The molecule has 3 nitrogen and oxygen atoms in total. The van der Waals surface area contributed by atoms with Gasteiger partial charge in [-0.2, -0.15) is 26.3 Å². The van der Waals surface area contributed by atoms with Crippen molar-refractivity contribution >= 4 is 5.69 Å². The van der Waals surface area contributed by atoms with Gasteiger partial charge in [0.25, 0.3) is 0 Å². The third-order valence-corrected chi connectivity index (χ3v) is 2.77. The zero-order valence-electron chi connectivity index (χ0n) is 10.6. The number of nitrogens with zero attached hydrogens (tertiary/aromatic N) is 1. The van der Waals surface area contributed by atoms with Crippen molar-refractivity contribution in [1.82, 2.24) is 5.01 Å². The molecule has 0 spiro atoms. The zero-order chi connectivity index (χ0) is 15.7. The van der Waals surface area contributed by atoms with Gasteiger partial charge >= 0.3 is 12.4 Å². The van der Waals surface area contributed by atoms with Gasteiger partial charge in [0.05, 0.1) is 30.0 Å². The molecule has 1 aromatic carbocycles. The molecule has 0 saturated carbocycles. The first-order valence-corrected chi connectivity index (χ1v) is 5.90. The molecule has 1 aliphatic heterocycles. The van der Waals surface area contributed by atoms with Gasteiger partial charge in [0, 0.05) is 13.1 Å². The van der Waals surface area contributed by atoms with Crippen LogP contribution in [0.15, 0.2) is 18.2 Å². The molecule has 1 radical (unpaired) electrons. The normalized spacial score (nSPS) is 17.8. The number of anilines is 1. The predicted octanol–water partition coefficient (Wildman–Crippen LogP) is 3.55. The Kier molecular flexibility index (Phi) is 4.33. The molecule has 0 unspecified atom stereocenters. The van der Waals surface area contributed by atoms with Crippen molar-refractivity contribution in [1.29, 1.82) is 0 Å². The first kappa shape index (κ1) is 15.9. The van der Waals surface area contributed by atoms with Crippen molar-refractivity contribution in [3.05, 3.63) is 35.9 Å². The van der Waals surface area contributed by atoms with E-state index in [0.717, 1.165) is 0 Å². The lowest BCUT2D eigenvalue weighted by Gasteiger charge is -2.28. The van der Waals surface area contributed by atoms with Crippen LogP contribution in [0.25, 0.3) is 0 Å². The van der Waals surface area contributed by atoms with Crippen molar-refractivity contribution in [3.8, 4) is 0 Å². The van der Waals surface area contributed by atoms with E-state index in [1.807, 2.05) is 0 Å². The number of hydrazine groups is 1. The van der Waals surface area contributed by atoms with Crippen LogP contribution < -0.4 is 5.43 Å². The summed E-state index contributed by atoms with van der Waals surface area (Å²) in [6.45, 7) is 2.30. The Morgan fingerprint density at radius 3 is 1.95 bits per heavy atom. The van der Waals surface area contributed by atoms with Crippen molar-refractivity contribution < 1.29 is 31.1 Å². The fourth-order valence-corrected chi connectivity index (χ4v) is 1.78. The van der Waals surface area contributed by atoms with Gasteiger partial charge in [0.1, 0.15) is 0 Å². The molecular formula is C12H11F6N2O. The summed E-state index contributed by atoms with van der Waals surface area (Å²) in [5.74, 6) is 0. The van der Waals surface area contributed by atoms with Crippen LogP contribution in [0.4, 0.5) is 32.0 Å². The Balaban J connectivity index is 2.31. The average molecular weight is 313 g/mol. The van der Waals surface area contributed by atoms with Crippen LogP contribution in [0, 0.1) is 6.61 Å². The Bertz CT molecular complexity index is 461. The minimum absolute atomic E-state index is 0.0939. The summed E-state index contributed by atoms with van der Waals surface area (Å²) in [7, 11) is 0. The molecule has 117 valence electrons. The van der Waals surface area contributed by atoms with Crippen molar-refractivity contribution in [3.63, 3.8) is 0 Å². The summed E-state index contributed by atoms with van der Waals surface area (Å²) in [5, 5.41) is 1.46. The van der Waals surface area contributed by atoms with Crippen LogP contribution in [0.3, 0.4) is 0 Å². The van der Waals surface area contributed by atoms with E-state index in [4.69, 9.17) is 4.74 Å². The Morgan fingerprint density at radius 2 is 1.52 bits per heavy atom. The number of ether oxygens (including phenoxy) is 1. The lowest BCUT2D eigenvalue weighted by atomic mass is 10.1. The van der Waals surface area contributed by atoms with E-state index < -0.39 is 23.5 Å². The Hall–Kier alpha value is -1.48. The molecule has 9 heteroatoms. The summed E-state index contributed by atoms with van der Waals surface area (Å²) in [6.07, 6.45) is -9.70. The highest BCUT2D eigenvalue weighted by Gasteiger charge is 2.37. The minimum atomic E-state index is -4.85. The predicted molar refractivity (Wildman–Crippen MR) is 61.9 cm³/mol. The van der Waals surface area contributed by atoms with Crippen LogP contribution in [0.1, 0.15) is 11.1 Å². The minimum Gasteiger partial charge on any atom is -0.373 e. The molecule has 0 aliphatic carbocycles.